The lowest BCUT2D eigenvalue weighted by Gasteiger charge is -2.05. The standard InChI is InChI=1S/C12H15BrN4O/c1-17-8-11(13)12(16-17)7-15-10-3-2-9(4-5-18)14-6-10/h2-3,6,8,15,18H,4-5,7H2,1H3. The first-order valence-electron chi connectivity index (χ1n) is 5.66. The van der Waals surface area contributed by atoms with E-state index in [0.717, 1.165) is 21.5 Å². The van der Waals surface area contributed by atoms with Crippen molar-refractivity contribution in [3.05, 3.63) is 40.4 Å². The van der Waals surface area contributed by atoms with E-state index in [9.17, 15) is 0 Å². The van der Waals surface area contributed by atoms with E-state index in [-0.39, 0.29) is 6.61 Å². The van der Waals surface area contributed by atoms with Gasteiger partial charge in [0.15, 0.2) is 0 Å². The minimum Gasteiger partial charge on any atom is -0.396 e. The smallest absolute Gasteiger partial charge is 0.0957 e. The molecule has 0 saturated carbocycles. The highest BCUT2D eigenvalue weighted by Crippen LogP contribution is 2.16. The van der Waals surface area contributed by atoms with Crippen molar-refractivity contribution in [2.75, 3.05) is 11.9 Å². The zero-order valence-electron chi connectivity index (χ0n) is 10.1. The highest BCUT2D eigenvalue weighted by atomic mass is 79.9. The Morgan fingerprint density at radius 1 is 1.44 bits per heavy atom. The first-order valence-corrected chi connectivity index (χ1v) is 6.46. The molecule has 2 N–H and O–H groups in total. The van der Waals surface area contributed by atoms with Gasteiger partial charge in [-0.1, -0.05) is 0 Å². The molecule has 0 aliphatic rings. The van der Waals surface area contributed by atoms with Crippen LogP contribution in [0, 0.1) is 0 Å². The van der Waals surface area contributed by atoms with Crippen molar-refractivity contribution >= 4 is 21.6 Å². The van der Waals surface area contributed by atoms with Crippen molar-refractivity contribution in [1.29, 1.82) is 0 Å². The molecule has 0 unspecified atom stereocenters. The maximum Gasteiger partial charge on any atom is 0.0957 e. The molecule has 0 saturated heterocycles. The number of hydrogen-bond acceptors (Lipinski definition) is 4. The Balaban J connectivity index is 1.95. The molecule has 0 radical (unpaired) electrons. The van der Waals surface area contributed by atoms with Crippen LogP contribution in [0.2, 0.25) is 0 Å². The molecule has 0 aliphatic carbocycles. The molecule has 0 aliphatic heterocycles. The van der Waals surface area contributed by atoms with Gasteiger partial charge in [-0.15, -0.1) is 0 Å². The van der Waals surface area contributed by atoms with Crippen molar-refractivity contribution in [2.45, 2.75) is 13.0 Å². The third-order valence-electron chi connectivity index (χ3n) is 2.51. The molecule has 0 spiro atoms. The van der Waals surface area contributed by atoms with Gasteiger partial charge in [-0.2, -0.15) is 5.10 Å². The number of anilines is 1. The van der Waals surface area contributed by atoms with Gasteiger partial charge in [0.2, 0.25) is 0 Å². The summed E-state index contributed by atoms with van der Waals surface area (Å²) >= 11 is 3.46. The maximum absolute atomic E-state index is 8.80. The van der Waals surface area contributed by atoms with E-state index in [0.29, 0.717) is 13.0 Å². The molecule has 2 rings (SSSR count). The second-order valence-corrected chi connectivity index (χ2v) is 4.82. The molecule has 0 aromatic carbocycles. The Morgan fingerprint density at radius 3 is 2.83 bits per heavy atom. The second kappa shape index (κ2) is 5.97. The van der Waals surface area contributed by atoms with E-state index in [1.807, 2.05) is 25.4 Å². The molecular weight excluding hydrogens is 296 g/mol. The van der Waals surface area contributed by atoms with Crippen LogP contribution in [0.1, 0.15) is 11.4 Å². The van der Waals surface area contributed by atoms with Crippen molar-refractivity contribution in [2.24, 2.45) is 7.05 Å². The van der Waals surface area contributed by atoms with Gasteiger partial charge in [-0.25, -0.2) is 0 Å². The summed E-state index contributed by atoms with van der Waals surface area (Å²) in [5, 5.41) is 16.4. The summed E-state index contributed by atoms with van der Waals surface area (Å²) in [5.41, 5.74) is 2.79. The number of aryl methyl sites for hydroxylation is 1. The molecule has 5 nitrogen and oxygen atoms in total. The van der Waals surface area contributed by atoms with Crippen LogP contribution >= 0.6 is 15.9 Å². The summed E-state index contributed by atoms with van der Waals surface area (Å²) in [7, 11) is 1.89. The van der Waals surface area contributed by atoms with Crippen molar-refractivity contribution in [1.82, 2.24) is 14.8 Å². The van der Waals surface area contributed by atoms with Crippen molar-refractivity contribution in [3.63, 3.8) is 0 Å². The van der Waals surface area contributed by atoms with Crippen LogP contribution in [-0.4, -0.2) is 26.5 Å². The average Bonchev–Trinajstić information content (AvgIpc) is 2.67. The summed E-state index contributed by atoms with van der Waals surface area (Å²) in [6.07, 6.45) is 4.27. The van der Waals surface area contributed by atoms with Crippen LogP contribution in [0.4, 0.5) is 5.69 Å². The maximum atomic E-state index is 8.80. The predicted octanol–water partition coefficient (Wildman–Crippen LogP) is 1.72. The SMILES string of the molecule is Cn1cc(Br)c(CNc2ccc(CCO)nc2)n1. The minimum atomic E-state index is 0.126. The van der Waals surface area contributed by atoms with Gasteiger partial charge in [0.1, 0.15) is 0 Å². The quantitative estimate of drug-likeness (QED) is 0.883. The van der Waals surface area contributed by atoms with Gasteiger partial charge in [-0.05, 0) is 28.1 Å². The van der Waals surface area contributed by atoms with Crippen LogP contribution in [0.5, 0.6) is 0 Å². The molecule has 0 bridgehead atoms. The van der Waals surface area contributed by atoms with E-state index in [1.165, 1.54) is 0 Å². The Hall–Kier alpha value is -1.40. The van der Waals surface area contributed by atoms with Crippen LogP contribution < -0.4 is 5.32 Å². The first-order chi connectivity index (χ1) is 8.69. The van der Waals surface area contributed by atoms with E-state index < -0.39 is 0 Å². The number of nitrogens with one attached hydrogen (secondary N) is 1. The third-order valence-corrected chi connectivity index (χ3v) is 3.17. The molecule has 2 heterocycles. The first kappa shape index (κ1) is 13.0. The zero-order valence-corrected chi connectivity index (χ0v) is 11.7. The lowest BCUT2D eigenvalue weighted by molar-refractivity contribution is 0.298. The lowest BCUT2D eigenvalue weighted by Crippen LogP contribution is -2.03. The Kier molecular flexibility index (Phi) is 4.33. The molecule has 6 heteroatoms. The van der Waals surface area contributed by atoms with E-state index in [2.05, 4.69) is 31.3 Å². The van der Waals surface area contributed by atoms with E-state index in [4.69, 9.17) is 5.11 Å². The zero-order chi connectivity index (χ0) is 13.0. The van der Waals surface area contributed by atoms with E-state index >= 15 is 0 Å². The average molecular weight is 311 g/mol. The number of nitrogens with zero attached hydrogens (tertiary/aromatic N) is 3. The number of rotatable bonds is 5. The number of aliphatic hydroxyl groups excluding tert-OH is 1. The highest BCUT2D eigenvalue weighted by Gasteiger charge is 2.04. The van der Waals surface area contributed by atoms with Crippen LogP contribution in [0.3, 0.4) is 0 Å². The van der Waals surface area contributed by atoms with Crippen LogP contribution in [-0.2, 0) is 20.0 Å². The van der Waals surface area contributed by atoms with Gasteiger partial charge >= 0.3 is 0 Å². The Morgan fingerprint density at radius 2 is 2.28 bits per heavy atom. The molecule has 18 heavy (non-hydrogen) atoms. The number of pyridine rings is 1. The largest absolute Gasteiger partial charge is 0.396 e. The fraction of sp³-hybridized carbons (Fsp3) is 0.333. The van der Waals surface area contributed by atoms with Crippen molar-refractivity contribution < 1.29 is 5.11 Å². The van der Waals surface area contributed by atoms with E-state index in [1.54, 1.807) is 10.9 Å². The Bertz CT molecular complexity index is 509. The molecule has 2 aromatic heterocycles. The topological polar surface area (TPSA) is 63.0 Å². The Labute approximate surface area is 114 Å². The normalized spacial score (nSPS) is 10.6. The second-order valence-electron chi connectivity index (χ2n) is 3.96. The van der Waals surface area contributed by atoms with Crippen LogP contribution in [0.15, 0.2) is 29.0 Å². The van der Waals surface area contributed by atoms with Gasteiger partial charge in [0.05, 0.1) is 28.6 Å². The lowest BCUT2D eigenvalue weighted by atomic mass is 10.2. The van der Waals surface area contributed by atoms with Crippen molar-refractivity contribution in [3.8, 4) is 0 Å². The molecule has 0 amide bonds. The fourth-order valence-corrected chi connectivity index (χ4v) is 2.12. The number of aliphatic hydroxyl groups is 1. The third kappa shape index (κ3) is 3.30. The molecule has 0 fully saturated rings. The summed E-state index contributed by atoms with van der Waals surface area (Å²) in [6, 6.07) is 3.86. The molecule has 96 valence electrons. The van der Waals surface area contributed by atoms with Crippen LogP contribution in [0.25, 0.3) is 0 Å². The number of aromatic nitrogens is 3. The summed E-state index contributed by atoms with van der Waals surface area (Å²) in [4.78, 5) is 4.25. The predicted molar refractivity (Wildman–Crippen MR) is 73.3 cm³/mol. The monoisotopic (exact) mass is 310 g/mol. The minimum absolute atomic E-state index is 0.126. The van der Waals surface area contributed by atoms with Gasteiger partial charge in [-0.3, -0.25) is 9.67 Å². The highest BCUT2D eigenvalue weighted by molar-refractivity contribution is 9.10. The van der Waals surface area contributed by atoms with Gasteiger partial charge in [0.25, 0.3) is 0 Å². The molecule has 2 aromatic rings. The van der Waals surface area contributed by atoms with Gasteiger partial charge in [0, 0.05) is 32.0 Å². The van der Waals surface area contributed by atoms with Gasteiger partial charge < -0.3 is 10.4 Å². The molecular formula is C12H15BrN4O. The summed E-state index contributed by atoms with van der Waals surface area (Å²) < 4.78 is 2.76. The summed E-state index contributed by atoms with van der Waals surface area (Å²) in [5.74, 6) is 0. The number of halogens is 1. The summed E-state index contributed by atoms with van der Waals surface area (Å²) in [6.45, 7) is 0.767. The fourth-order valence-electron chi connectivity index (χ4n) is 1.60. The molecule has 0 atom stereocenters. The number of hydrogen-bond donors (Lipinski definition) is 2.